The number of unbranched alkanes of at least 4 members (excludes halogenated alkanes) is 5. The molecule has 0 spiro atoms. The SMILES string of the molecule is CCCCCCCCNS(=O)(=O)c1cc(N)ccc1F. The predicted octanol–water partition coefficient (Wildman–Crippen LogP) is 3.05. The lowest BCUT2D eigenvalue weighted by Gasteiger charge is -2.08. The van der Waals surface area contributed by atoms with Gasteiger partial charge in [-0.3, -0.25) is 0 Å². The predicted molar refractivity (Wildman–Crippen MR) is 79.4 cm³/mol. The number of rotatable bonds is 9. The van der Waals surface area contributed by atoms with Crippen LogP contribution < -0.4 is 10.5 Å². The first-order chi connectivity index (χ1) is 9.47. The van der Waals surface area contributed by atoms with Crippen molar-refractivity contribution in [3.05, 3.63) is 24.0 Å². The lowest BCUT2D eigenvalue weighted by atomic mass is 10.1. The highest BCUT2D eigenvalue weighted by atomic mass is 32.2. The second-order valence-corrected chi connectivity index (χ2v) is 6.59. The van der Waals surface area contributed by atoms with Crippen molar-refractivity contribution < 1.29 is 12.8 Å². The molecule has 1 aromatic carbocycles. The van der Waals surface area contributed by atoms with Crippen LogP contribution in [0.1, 0.15) is 45.4 Å². The maximum Gasteiger partial charge on any atom is 0.243 e. The van der Waals surface area contributed by atoms with Crippen LogP contribution in [0, 0.1) is 5.82 Å². The molecular weight excluding hydrogens is 279 g/mol. The van der Waals surface area contributed by atoms with Gasteiger partial charge in [0.05, 0.1) is 0 Å². The zero-order valence-corrected chi connectivity index (χ0v) is 12.7. The smallest absolute Gasteiger partial charge is 0.243 e. The zero-order chi connectivity index (χ0) is 15.0. The zero-order valence-electron chi connectivity index (χ0n) is 11.9. The van der Waals surface area contributed by atoms with Crippen molar-refractivity contribution >= 4 is 15.7 Å². The fourth-order valence-electron chi connectivity index (χ4n) is 1.92. The van der Waals surface area contributed by atoms with E-state index in [2.05, 4.69) is 11.6 Å². The molecule has 114 valence electrons. The maximum atomic E-state index is 13.5. The first kappa shape index (κ1) is 16.9. The molecule has 1 aromatic rings. The monoisotopic (exact) mass is 302 g/mol. The molecule has 4 nitrogen and oxygen atoms in total. The Bertz CT molecular complexity index is 518. The highest BCUT2D eigenvalue weighted by molar-refractivity contribution is 7.89. The highest BCUT2D eigenvalue weighted by Gasteiger charge is 2.18. The summed E-state index contributed by atoms with van der Waals surface area (Å²) in [6.45, 7) is 2.47. The van der Waals surface area contributed by atoms with E-state index in [4.69, 9.17) is 5.73 Å². The molecular formula is C14H23FN2O2S. The van der Waals surface area contributed by atoms with Crippen LogP contribution in [-0.2, 0) is 10.0 Å². The fourth-order valence-corrected chi connectivity index (χ4v) is 3.10. The van der Waals surface area contributed by atoms with Crippen molar-refractivity contribution in [3.63, 3.8) is 0 Å². The fraction of sp³-hybridized carbons (Fsp3) is 0.571. The Hall–Kier alpha value is -1.14. The van der Waals surface area contributed by atoms with E-state index in [1.807, 2.05) is 0 Å². The third-order valence-corrected chi connectivity index (χ3v) is 4.54. The summed E-state index contributed by atoms with van der Waals surface area (Å²) in [7, 11) is -3.82. The highest BCUT2D eigenvalue weighted by Crippen LogP contribution is 2.17. The van der Waals surface area contributed by atoms with Crippen molar-refractivity contribution in [1.82, 2.24) is 4.72 Å². The molecule has 0 atom stereocenters. The number of sulfonamides is 1. The van der Waals surface area contributed by atoms with Gasteiger partial charge in [-0.15, -0.1) is 0 Å². The van der Waals surface area contributed by atoms with E-state index in [-0.39, 0.29) is 10.6 Å². The lowest BCUT2D eigenvalue weighted by molar-refractivity contribution is 0.550. The first-order valence-corrected chi connectivity index (χ1v) is 8.50. The van der Waals surface area contributed by atoms with E-state index >= 15 is 0 Å². The van der Waals surface area contributed by atoms with Crippen molar-refractivity contribution in [2.45, 2.75) is 50.3 Å². The van der Waals surface area contributed by atoms with Gasteiger partial charge in [0.15, 0.2) is 0 Å². The largest absolute Gasteiger partial charge is 0.399 e. The van der Waals surface area contributed by atoms with E-state index in [0.717, 1.165) is 31.4 Å². The van der Waals surface area contributed by atoms with Gasteiger partial charge in [-0.2, -0.15) is 0 Å². The molecule has 0 amide bonds. The van der Waals surface area contributed by atoms with Crippen LogP contribution in [0.5, 0.6) is 0 Å². The normalized spacial score (nSPS) is 11.7. The Labute approximate surface area is 120 Å². The molecule has 0 radical (unpaired) electrons. The molecule has 0 bridgehead atoms. The average Bonchev–Trinajstić information content (AvgIpc) is 2.40. The van der Waals surface area contributed by atoms with Gasteiger partial charge in [0.25, 0.3) is 0 Å². The number of hydrogen-bond acceptors (Lipinski definition) is 3. The average molecular weight is 302 g/mol. The molecule has 0 heterocycles. The molecule has 20 heavy (non-hydrogen) atoms. The summed E-state index contributed by atoms with van der Waals surface area (Å²) in [6, 6.07) is 3.54. The third-order valence-electron chi connectivity index (χ3n) is 3.07. The third kappa shape index (κ3) is 5.46. The van der Waals surface area contributed by atoms with E-state index in [1.54, 1.807) is 0 Å². The summed E-state index contributed by atoms with van der Waals surface area (Å²) in [5.74, 6) is -0.783. The second kappa shape index (κ2) is 8.21. The van der Waals surface area contributed by atoms with Crippen LogP contribution in [0.3, 0.4) is 0 Å². The van der Waals surface area contributed by atoms with Gasteiger partial charge in [0.1, 0.15) is 10.7 Å². The van der Waals surface area contributed by atoms with E-state index < -0.39 is 15.8 Å². The number of nitrogen functional groups attached to an aromatic ring is 1. The van der Waals surface area contributed by atoms with Crippen LogP contribution in [-0.4, -0.2) is 15.0 Å². The Morgan fingerprint density at radius 3 is 2.50 bits per heavy atom. The quantitative estimate of drug-likeness (QED) is 0.544. The number of nitrogens with one attached hydrogen (secondary N) is 1. The Balaban J connectivity index is 2.44. The molecule has 0 aliphatic heterocycles. The van der Waals surface area contributed by atoms with Crippen LogP contribution in [0.4, 0.5) is 10.1 Å². The van der Waals surface area contributed by atoms with E-state index in [0.29, 0.717) is 6.54 Å². The standard InChI is InChI=1S/C14H23FN2O2S/c1-2-3-4-5-6-7-10-17-20(18,19)14-11-12(16)8-9-13(14)15/h8-9,11,17H,2-7,10,16H2,1H3. The summed E-state index contributed by atoms with van der Waals surface area (Å²) >= 11 is 0. The van der Waals surface area contributed by atoms with Gasteiger partial charge in [0.2, 0.25) is 10.0 Å². The minimum atomic E-state index is -3.82. The summed E-state index contributed by atoms with van der Waals surface area (Å²) in [6.07, 6.45) is 6.39. The number of hydrogen-bond donors (Lipinski definition) is 2. The minimum Gasteiger partial charge on any atom is -0.399 e. The molecule has 0 fully saturated rings. The van der Waals surface area contributed by atoms with Gasteiger partial charge >= 0.3 is 0 Å². The molecule has 0 aromatic heterocycles. The summed E-state index contributed by atoms with van der Waals surface area (Å²) < 4.78 is 39.8. The second-order valence-electron chi connectivity index (χ2n) is 4.86. The van der Waals surface area contributed by atoms with E-state index in [1.165, 1.54) is 25.3 Å². The van der Waals surface area contributed by atoms with Gasteiger partial charge in [-0.05, 0) is 24.6 Å². The molecule has 1 rings (SSSR count). The van der Waals surface area contributed by atoms with Crippen molar-refractivity contribution in [1.29, 1.82) is 0 Å². The van der Waals surface area contributed by atoms with Crippen LogP contribution in [0.25, 0.3) is 0 Å². The number of nitrogens with two attached hydrogens (primary N) is 1. The number of benzene rings is 1. The van der Waals surface area contributed by atoms with Crippen LogP contribution in [0.15, 0.2) is 23.1 Å². The molecule has 3 N–H and O–H groups in total. The number of anilines is 1. The van der Waals surface area contributed by atoms with Crippen molar-refractivity contribution in [2.75, 3.05) is 12.3 Å². The minimum absolute atomic E-state index is 0.228. The topological polar surface area (TPSA) is 72.2 Å². The van der Waals surface area contributed by atoms with Crippen LogP contribution >= 0.6 is 0 Å². The maximum absolute atomic E-state index is 13.5. The van der Waals surface area contributed by atoms with Crippen molar-refractivity contribution in [2.24, 2.45) is 0 Å². The number of halogens is 1. The van der Waals surface area contributed by atoms with E-state index in [9.17, 15) is 12.8 Å². The van der Waals surface area contributed by atoms with Crippen LogP contribution in [0.2, 0.25) is 0 Å². The molecule has 0 saturated carbocycles. The summed E-state index contributed by atoms with van der Waals surface area (Å²) in [5, 5.41) is 0. The van der Waals surface area contributed by atoms with Gasteiger partial charge < -0.3 is 5.73 Å². The van der Waals surface area contributed by atoms with Gasteiger partial charge in [-0.25, -0.2) is 17.5 Å². The molecule has 0 saturated heterocycles. The Kier molecular flexibility index (Phi) is 6.95. The summed E-state index contributed by atoms with van der Waals surface area (Å²) in [4.78, 5) is -0.386. The lowest BCUT2D eigenvalue weighted by Crippen LogP contribution is -2.25. The Morgan fingerprint density at radius 2 is 1.80 bits per heavy atom. The molecule has 0 aliphatic rings. The van der Waals surface area contributed by atoms with Gasteiger partial charge in [-0.1, -0.05) is 39.0 Å². The van der Waals surface area contributed by atoms with Gasteiger partial charge in [0, 0.05) is 12.2 Å². The molecule has 6 heteroatoms. The summed E-state index contributed by atoms with van der Waals surface area (Å²) in [5.41, 5.74) is 5.72. The first-order valence-electron chi connectivity index (χ1n) is 7.02. The molecule has 0 aliphatic carbocycles. The molecule has 0 unspecified atom stereocenters. The van der Waals surface area contributed by atoms with Crippen molar-refractivity contribution in [3.8, 4) is 0 Å². The Morgan fingerprint density at radius 1 is 1.15 bits per heavy atom.